The second-order valence-corrected chi connectivity index (χ2v) is 6.98. The van der Waals surface area contributed by atoms with E-state index >= 15 is 0 Å². The van der Waals surface area contributed by atoms with Crippen LogP contribution in [0, 0.1) is 0 Å². The number of unbranched alkanes of at least 4 members (excludes halogenated alkanes) is 2. The predicted molar refractivity (Wildman–Crippen MR) is 99.3 cm³/mol. The summed E-state index contributed by atoms with van der Waals surface area (Å²) >= 11 is 2.08. The summed E-state index contributed by atoms with van der Waals surface area (Å²) in [6.07, 6.45) is 6.33. The summed E-state index contributed by atoms with van der Waals surface area (Å²) in [6.45, 7) is 4.53. The first-order valence-electron chi connectivity index (χ1n) is 8.49. The maximum absolute atomic E-state index is 4.95. The molecule has 1 aromatic carbocycles. The molecule has 0 saturated heterocycles. The summed E-state index contributed by atoms with van der Waals surface area (Å²) in [5.41, 5.74) is 3.55. The van der Waals surface area contributed by atoms with Crippen molar-refractivity contribution in [3.8, 4) is 11.3 Å². The van der Waals surface area contributed by atoms with Gasteiger partial charge in [-0.05, 0) is 30.7 Å². The van der Waals surface area contributed by atoms with E-state index in [-0.39, 0.29) is 0 Å². The van der Waals surface area contributed by atoms with Crippen molar-refractivity contribution in [2.75, 3.05) is 5.75 Å². The van der Waals surface area contributed by atoms with Crippen LogP contribution >= 0.6 is 11.8 Å². The smallest absolute Gasteiger partial charge is 0.0705 e. The van der Waals surface area contributed by atoms with Crippen molar-refractivity contribution in [2.45, 2.75) is 51.2 Å². The number of hydrogen-bond acceptors (Lipinski definition) is 2. The van der Waals surface area contributed by atoms with Crippen LogP contribution < -0.4 is 0 Å². The van der Waals surface area contributed by atoms with Crippen LogP contribution in [0.25, 0.3) is 11.3 Å². The minimum atomic E-state index is 0.537. The molecule has 0 spiro atoms. The zero-order valence-electron chi connectivity index (χ0n) is 13.8. The third kappa shape index (κ3) is 5.17. The molecule has 2 heteroatoms. The molecular formula is C20H27NS. The Morgan fingerprint density at radius 3 is 2.41 bits per heavy atom. The summed E-state index contributed by atoms with van der Waals surface area (Å²) < 4.78 is 0. The van der Waals surface area contributed by atoms with Gasteiger partial charge >= 0.3 is 0 Å². The normalized spacial score (nSPS) is 12.3. The quantitative estimate of drug-likeness (QED) is 0.489. The lowest BCUT2D eigenvalue weighted by Gasteiger charge is -2.16. The van der Waals surface area contributed by atoms with E-state index in [1.54, 1.807) is 0 Å². The molecule has 0 saturated carbocycles. The Kier molecular flexibility index (Phi) is 7.51. The molecule has 1 aromatic heterocycles. The van der Waals surface area contributed by atoms with Crippen LogP contribution in [0.5, 0.6) is 0 Å². The van der Waals surface area contributed by atoms with E-state index in [1.165, 1.54) is 49.1 Å². The first-order chi connectivity index (χ1) is 10.8. The number of rotatable bonds is 9. The maximum Gasteiger partial charge on any atom is 0.0705 e. The topological polar surface area (TPSA) is 12.9 Å². The van der Waals surface area contributed by atoms with Gasteiger partial charge in [0.1, 0.15) is 0 Å². The number of aromatic nitrogens is 1. The van der Waals surface area contributed by atoms with Crippen molar-refractivity contribution >= 4 is 11.8 Å². The van der Waals surface area contributed by atoms with Gasteiger partial charge in [-0.2, -0.15) is 11.8 Å². The summed E-state index contributed by atoms with van der Waals surface area (Å²) in [5, 5.41) is 0.537. The molecule has 1 atom stereocenters. The second-order valence-electron chi connectivity index (χ2n) is 5.67. The van der Waals surface area contributed by atoms with Gasteiger partial charge < -0.3 is 0 Å². The van der Waals surface area contributed by atoms with E-state index in [9.17, 15) is 0 Å². The Morgan fingerprint density at radius 2 is 1.68 bits per heavy atom. The first-order valence-corrected chi connectivity index (χ1v) is 9.54. The average molecular weight is 314 g/mol. The van der Waals surface area contributed by atoms with Crippen molar-refractivity contribution in [2.24, 2.45) is 0 Å². The van der Waals surface area contributed by atoms with Crippen LogP contribution in [0.1, 0.15) is 56.9 Å². The van der Waals surface area contributed by atoms with Gasteiger partial charge in [0.05, 0.1) is 11.4 Å². The summed E-state index contributed by atoms with van der Waals surface area (Å²) in [4.78, 5) is 4.95. The standard InChI is InChI=1S/C20H27NS/c1-3-5-15-20(22-16-6-4-2)19-14-10-13-18(21-19)17-11-8-7-9-12-17/h7-14,20H,3-6,15-16H2,1-2H3. The van der Waals surface area contributed by atoms with E-state index in [0.29, 0.717) is 5.25 Å². The Balaban J connectivity index is 2.16. The summed E-state index contributed by atoms with van der Waals surface area (Å²) in [5.74, 6) is 1.24. The zero-order chi connectivity index (χ0) is 15.6. The number of hydrogen-bond donors (Lipinski definition) is 0. The molecule has 2 rings (SSSR count). The fourth-order valence-electron chi connectivity index (χ4n) is 2.48. The molecule has 0 radical (unpaired) electrons. The summed E-state index contributed by atoms with van der Waals surface area (Å²) in [6, 6.07) is 17.0. The highest BCUT2D eigenvalue weighted by molar-refractivity contribution is 7.99. The molecule has 0 amide bonds. The second kappa shape index (κ2) is 9.68. The molecule has 0 bridgehead atoms. The third-order valence-electron chi connectivity index (χ3n) is 3.81. The van der Waals surface area contributed by atoms with Crippen LogP contribution in [0.15, 0.2) is 48.5 Å². The molecule has 0 aliphatic rings. The van der Waals surface area contributed by atoms with Crippen molar-refractivity contribution in [1.29, 1.82) is 0 Å². The van der Waals surface area contributed by atoms with Crippen LogP contribution in [-0.2, 0) is 0 Å². The third-order valence-corrected chi connectivity index (χ3v) is 5.21. The molecule has 118 valence electrons. The van der Waals surface area contributed by atoms with Crippen LogP contribution in [0.3, 0.4) is 0 Å². The van der Waals surface area contributed by atoms with Gasteiger partial charge in [0.15, 0.2) is 0 Å². The molecule has 1 nitrogen and oxygen atoms in total. The van der Waals surface area contributed by atoms with Crippen LogP contribution in [0.4, 0.5) is 0 Å². The Bertz CT molecular complexity index is 538. The largest absolute Gasteiger partial charge is 0.252 e. The highest BCUT2D eigenvalue weighted by Gasteiger charge is 2.13. The highest BCUT2D eigenvalue weighted by Crippen LogP contribution is 2.34. The molecule has 0 aliphatic heterocycles. The zero-order valence-corrected chi connectivity index (χ0v) is 14.6. The van der Waals surface area contributed by atoms with Gasteiger partial charge in [0, 0.05) is 10.8 Å². The average Bonchev–Trinajstić information content (AvgIpc) is 2.59. The fraction of sp³-hybridized carbons (Fsp3) is 0.450. The number of nitrogens with zero attached hydrogens (tertiary/aromatic N) is 1. The molecule has 0 aliphatic carbocycles. The lowest BCUT2D eigenvalue weighted by Crippen LogP contribution is -2.00. The van der Waals surface area contributed by atoms with Crippen molar-refractivity contribution in [3.63, 3.8) is 0 Å². The van der Waals surface area contributed by atoms with Crippen molar-refractivity contribution in [1.82, 2.24) is 4.98 Å². The lowest BCUT2D eigenvalue weighted by molar-refractivity contribution is 0.695. The van der Waals surface area contributed by atoms with Gasteiger partial charge in [-0.3, -0.25) is 4.98 Å². The maximum atomic E-state index is 4.95. The molecule has 0 N–H and O–H groups in total. The lowest BCUT2D eigenvalue weighted by atomic mass is 10.1. The van der Waals surface area contributed by atoms with E-state index in [4.69, 9.17) is 4.98 Å². The van der Waals surface area contributed by atoms with E-state index in [1.807, 2.05) is 0 Å². The first kappa shape index (κ1) is 17.1. The van der Waals surface area contributed by atoms with Gasteiger partial charge in [-0.25, -0.2) is 0 Å². The molecule has 22 heavy (non-hydrogen) atoms. The van der Waals surface area contributed by atoms with Crippen molar-refractivity contribution < 1.29 is 0 Å². The number of thioether (sulfide) groups is 1. The monoisotopic (exact) mass is 313 g/mol. The van der Waals surface area contributed by atoms with E-state index in [2.05, 4.69) is 74.1 Å². The molecular weight excluding hydrogens is 286 g/mol. The Hall–Kier alpha value is -1.28. The van der Waals surface area contributed by atoms with Crippen LogP contribution in [0.2, 0.25) is 0 Å². The number of pyridine rings is 1. The molecule has 1 unspecified atom stereocenters. The molecule has 0 fully saturated rings. The SMILES string of the molecule is CCCCSC(CCCC)c1cccc(-c2ccccc2)n1. The minimum absolute atomic E-state index is 0.537. The van der Waals surface area contributed by atoms with Gasteiger partial charge in [-0.15, -0.1) is 0 Å². The van der Waals surface area contributed by atoms with Crippen LogP contribution in [-0.4, -0.2) is 10.7 Å². The summed E-state index contributed by atoms with van der Waals surface area (Å²) in [7, 11) is 0. The predicted octanol–water partition coefficient (Wildman–Crippen LogP) is 6.51. The molecule has 1 heterocycles. The Labute approximate surface area is 139 Å². The van der Waals surface area contributed by atoms with Gasteiger partial charge in [0.25, 0.3) is 0 Å². The van der Waals surface area contributed by atoms with Crippen molar-refractivity contribution in [3.05, 3.63) is 54.2 Å². The van der Waals surface area contributed by atoms with E-state index < -0.39 is 0 Å². The van der Waals surface area contributed by atoms with Gasteiger partial charge in [0.2, 0.25) is 0 Å². The fourth-order valence-corrected chi connectivity index (χ4v) is 3.85. The highest BCUT2D eigenvalue weighted by atomic mass is 32.2. The Morgan fingerprint density at radius 1 is 0.909 bits per heavy atom. The minimum Gasteiger partial charge on any atom is -0.252 e. The molecule has 2 aromatic rings. The van der Waals surface area contributed by atoms with E-state index in [0.717, 1.165) is 5.69 Å². The van der Waals surface area contributed by atoms with Gasteiger partial charge in [-0.1, -0.05) is 69.5 Å². The number of benzene rings is 1.